The zero-order valence-corrected chi connectivity index (χ0v) is 11.3. The van der Waals surface area contributed by atoms with Crippen molar-refractivity contribution in [3.8, 4) is 0 Å². The maximum atomic E-state index is 11.5. The third kappa shape index (κ3) is 5.22. The van der Waals surface area contributed by atoms with Crippen LogP contribution in [0.25, 0.3) is 0 Å². The first-order valence-electron chi connectivity index (χ1n) is 5.90. The molecule has 1 aromatic carbocycles. The molecule has 0 aliphatic carbocycles. The second-order valence-electron chi connectivity index (χ2n) is 4.73. The Labute approximate surface area is 108 Å². The van der Waals surface area contributed by atoms with Crippen molar-refractivity contribution < 1.29 is 9.53 Å². The van der Waals surface area contributed by atoms with Crippen LogP contribution in [0.1, 0.15) is 38.7 Å². The molecule has 3 heteroatoms. The van der Waals surface area contributed by atoms with E-state index >= 15 is 0 Å². The molecule has 0 spiro atoms. The minimum atomic E-state index is -0.138. The van der Waals surface area contributed by atoms with Crippen LogP contribution in [-0.4, -0.2) is 12.6 Å². The van der Waals surface area contributed by atoms with Gasteiger partial charge in [0.2, 0.25) is 0 Å². The van der Waals surface area contributed by atoms with Gasteiger partial charge in [0.25, 0.3) is 0 Å². The van der Waals surface area contributed by atoms with Crippen LogP contribution in [-0.2, 0) is 9.53 Å². The molecule has 0 saturated carbocycles. The number of rotatable bonds is 5. The highest BCUT2D eigenvalue weighted by Gasteiger charge is 2.12. The largest absolute Gasteiger partial charge is 0.465 e. The van der Waals surface area contributed by atoms with E-state index < -0.39 is 0 Å². The zero-order chi connectivity index (χ0) is 12.8. The third-order valence-electron chi connectivity index (χ3n) is 2.49. The van der Waals surface area contributed by atoms with E-state index in [0.717, 1.165) is 5.56 Å². The SMILES string of the molecule is CC(C)COC(=O)CC(C)c1ccc(Cl)cc1. The van der Waals surface area contributed by atoms with Crippen LogP contribution >= 0.6 is 11.6 Å². The summed E-state index contributed by atoms with van der Waals surface area (Å²) in [6.45, 7) is 6.55. The summed E-state index contributed by atoms with van der Waals surface area (Å²) >= 11 is 5.82. The topological polar surface area (TPSA) is 26.3 Å². The lowest BCUT2D eigenvalue weighted by Crippen LogP contribution is -2.12. The van der Waals surface area contributed by atoms with E-state index in [2.05, 4.69) is 0 Å². The fraction of sp³-hybridized carbons (Fsp3) is 0.500. The minimum Gasteiger partial charge on any atom is -0.465 e. The van der Waals surface area contributed by atoms with Gasteiger partial charge in [-0.2, -0.15) is 0 Å². The van der Waals surface area contributed by atoms with Gasteiger partial charge in [-0.15, -0.1) is 0 Å². The van der Waals surface area contributed by atoms with Gasteiger partial charge in [0.05, 0.1) is 13.0 Å². The molecule has 1 aromatic rings. The number of ether oxygens (including phenoxy) is 1. The number of hydrogen-bond donors (Lipinski definition) is 0. The molecule has 0 fully saturated rings. The van der Waals surface area contributed by atoms with Crippen molar-refractivity contribution in [2.24, 2.45) is 5.92 Å². The average molecular weight is 255 g/mol. The van der Waals surface area contributed by atoms with E-state index in [9.17, 15) is 4.79 Å². The Morgan fingerprint density at radius 3 is 2.35 bits per heavy atom. The van der Waals surface area contributed by atoms with Gasteiger partial charge in [-0.25, -0.2) is 0 Å². The molecule has 1 unspecified atom stereocenters. The third-order valence-corrected chi connectivity index (χ3v) is 2.74. The summed E-state index contributed by atoms with van der Waals surface area (Å²) in [6, 6.07) is 7.57. The molecule has 0 radical (unpaired) electrons. The molecule has 0 saturated heterocycles. The van der Waals surface area contributed by atoms with Gasteiger partial charge in [-0.3, -0.25) is 4.79 Å². The lowest BCUT2D eigenvalue weighted by Gasteiger charge is -2.12. The predicted molar refractivity (Wildman–Crippen MR) is 70.3 cm³/mol. The quantitative estimate of drug-likeness (QED) is 0.742. The lowest BCUT2D eigenvalue weighted by molar-refractivity contribution is -0.145. The van der Waals surface area contributed by atoms with Gasteiger partial charge in [0.1, 0.15) is 0 Å². The normalized spacial score (nSPS) is 12.5. The Balaban J connectivity index is 2.46. The molecule has 0 bridgehead atoms. The van der Waals surface area contributed by atoms with E-state index in [1.807, 2.05) is 45.0 Å². The summed E-state index contributed by atoms with van der Waals surface area (Å²) < 4.78 is 5.15. The highest BCUT2D eigenvalue weighted by molar-refractivity contribution is 6.30. The summed E-state index contributed by atoms with van der Waals surface area (Å²) in [5.41, 5.74) is 1.11. The highest BCUT2D eigenvalue weighted by atomic mass is 35.5. The Kier molecular flexibility index (Phi) is 5.49. The first-order valence-corrected chi connectivity index (χ1v) is 6.28. The van der Waals surface area contributed by atoms with Crippen molar-refractivity contribution in [1.29, 1.82) is 0 Å². The standard InChI is InChI=1S/C14H19ClO2/c1-10(2)9-17-14(16)8-11(3)12-4-6-13(15)7-5-12/h4-7,10-11H,8-9H2,1-3H3. The molecule has 0 aliphatic rings. The summed E-state index contributed by atoms with van der Waals surface area (Å²) in [5, 5.41) is 0.711. The smallest absolute Gasteiger partial charge is 0.306 e. The lowest BCUT2D eigenvalue weighted by atomic mass is 9.98. The number of carbonyl (C=O) groups excluding carboxylic acids is 1. The first kappa shape index (κ1) is 14.0. The summed E-state index contributed by atoms with van der Waals surface area (Å²) in [5.74, 6) is 0.401. The van der Waals surface area contributed by atoms with Gasteiger partial charge >= 0.3 is 5.97 Å². The van der Waals surface area contributed by atoms with E-state index in [-0.39, 0.29) is 11.9 Å². The second-order valence-corrected chi connectivity index (χ2v) is 5.17. The van der Waals surface area contributed by atoms with E-state index in [1.165, 1.54) is 0 Å². The monoisotopic (exact) mass is 254 g/mol. The Hall–Kier alpha value is -1.02. The van der Waals surface area contributed by atoms with Crippen LogP contribution in [0.5, 0.6) is 0 Å². The minimum absolute atomic E-state index is 0.138. The van der Waals surface area contributed by atoms with Gasteiger partial charge in [-0.1, -0.05) is 44.5 Å². The maximum Gasteiger partial charge on any atom is 0.306 e. The van der Waals surface area contributed by atoms with Crippen molar-refractivity contribution in [1.82, 2.24) is 0 Å². The molecule has 0 heterocycles. The molecule has 1 rings (SSSR count). The maximum absolute atomic E-state index is 11.5. The van der Waals surface area contributed by atoms with Crippen LogP contribution in [0, 0.1) is 5.92 Å². The Morgan fingerprint density at radius 1 is 1.24 bits per heavy atom. The van der Waals surface area contributed by atoms with E-state index in [1.54, 1.807) is 0 Å². The van der Waals surface area contributed by atoms with Crippen molar-refractivity contribution in [2.75, 3.05) is 6.61 Å². The molecule has 94 valence electrons. The van der Waals surface area contributed by atoms with Crippen LogP contribution in [0.3, 0.4) is 0 Å². The fourth-order valence-corrected chi connectivity index (χ4v) is 1.60. The van der Waals surface area contributed by atoms with Crippen molar-refractivity contribution >= 4 is 17.6 Å². The molecule has 0 aromatic heterocycles. The van der Waals surface area contributed by atoms with Crippen molar-refractivity contribution in [3.63, 3.8) is 0 Å². The van der Waals surface area contributed by atoms with Crippen molar-refractivity contribution in [2.45, 2.75) is 33.1 Å². The van der Waals surface area contributed by atoms with E-state index in [4.69, 9.17) is 16.3 Å². The summed E-state index contributed by atoms with van der Waals surface area (Å²) in [4.78, 5) is 11.5. The fourth-order valence-electron chi connectivity index (χ4n) is 1.48. The van der Waals surface area contributed by atoms with Gasteiger partial charge in [-0.05, 0) is 29.5 Å². The van der Waals surface area contributed by atoms with Gasteiger partial charge in [0, 0.05) is 5.02 Å². The van der Waals surface area contributed by atoms with Crippen molar-refractivity contribution in [3.05, 3.63) is 34.9 Å². The number of benzene rings is 1. The van der Waals surface area contributed by atoms with Gasteiger partial charge < -0.3 is 4.74 Å². The molecule has 0 amide bonds. The second kappa shape index (κ2) is 6.65. The van der Waals surface area contributed by atoms with Crippen LogP contribution < -0.4 is 0 Å². The zero-order valence-electron chi connectivity index (χ0n) is 10.6. The molecule has 1 atom stereocenters. The molecule has 2 nitrogen and oxygen atoms in total. The Morgan fingerprint density at radius 2 is 1.82 bits per heavy atom. The van der Waals surface area contributed by atoms with Crippen LogP contribution in [0.15, 0.2) is 24.3 Å². The average Bonchev–Trinajstić information content (AvgIpc) is 2.27. The molecule has 0 N–H and O–H groups in total. The van der Waals surface area contributed by atoms with Crippen LogP contribution in [0.4, 0.5) is 0 Å². The molecule has 0 aliphatic heterocycles. The number of esters is 1. The first-order chi connectivity index (χ1) is 7.99. The number of carbonyl (C=O) groups is 1. The number of halogens is 1. The summed E-state index contributed by atoms with van der Waals surface area (Å²) in [7, 11) is 0. The molecule has 17 heavy (non-hydrogen) atoms. The highest BCUT2D eigenvalue weighted by Crippen LogP contribution is 2.21. The summed E-state index contributed by atoms with van der Waals surface area (Å²) in [6.07, 6.45) is 0.411. The molecular formula is C14H19ClO2. The molecular weight excluding hydrogens is 236 g/mol. The Bertz CT molecular complexity index is 357. The van der Waals surface area contributed by atoms with Crippen LogP contribution in [0.2, 0.25) is 5.02 Å². The van der Waals surface area contributed by atoms with E-state index in [0.29, 0.717) is 24.0 Å². The predicted octanol–water partition coefficient (Wildman–Crippen LogP) is 4.03. The van der Waals surface area contributed by atoms with Gasteiger partial charge in [0.15, 0.2) is 0 Å². The number of hydrogen-bond acceptors (Lipinski definition) is 2.